The zero-order valence-corrected chi connectivity index (χ0v) is 9.25. The van der Waals surface area contributed by atoms with Gasteiger partial charge in [0.05, 0.1) is 6.61 Å². The summed E-state index contributed by atoms with van der Waals surface area (Å²) in [6.07, 6.45) is -5.69. The highest BCUT2D eigenvalue weighted by atomic mass is 16.6. The van der Waals surface area contributed by atoms with E-state index in [1.807, 2.05) is 0 Å². The maximum atomic E-state index is 11.2. The Bertz CT molecular complexity index is 346. The minimum atomic E-state index is -1.59. The zero-order chi connectivity index (χ0) is 13.7. The van der Waals surface area contributed by atoms with Gasteiger partial charge in [0.1, 0.15) is 30.9 Å². The van der Waals surface area contributed by atoms with Gasteiger partial charge in [-0.3, -0.25) is 4.79 Å². The summed E-state index contributed by atoms with van der Waals surface area (Å²) in [7, 11) is 0. The minimum Gasteiger partial charge on any atom is -0.394 e. The van der Waals surface area contributed by atoms with Gasteiger partial charge in [-0.15, -0.1) is 0 Å². The highest BCUT2D eigenvalue weighted by Crippen LogP contribution is 2.19. The number of nitrogens with one attached hydrogen (secondary N) is 1. The summed E-state index contributed by atoms with van der Waals surface area (Å²) < 4.78 is 4.81. The molecule has 1 rings (SSSR count). The van der Waals surface area contributed by atoms with Gasteiger partial charge >= 0.3 is 0 Å². The Morgan fingerprint density at radius 3 is 2.61 bits per heavy atom. The zero-order valence-electron chi connectivity index (χ0n) is 9.25. The number of nitrogens with zero attached hydrogens (tertiary/aromatic N) is 3. The molecule has 0 bridgehead atoms. The molecular weight excluding hydrogens is 248 g/mol. The third-order valence-electron chi connectivity index (χ3n) is 2.51. The van der Waals surface area contributed by atoms with Gasteiger partial charge in [-0.2, -0.15) is 0 Å². The molecule has 0 aliphatic carbocycles. The lowest BCUT2D eigenvalue weighted by molar-refractivity contribution is -0.253. The first-order valence-electron chi connectivity index (χ1n) is 5.12. The molecule has 5 atom stereocenters. The van der Waals surface area contributed by atoms with E-state index in [-0.39, 0.29) is 0 Å². The highest BCUT2D eigenvalue weighted by molar-refractivity contribution is 5.78. The first-order valence-corrected chi connectivity index (χ1v) is 5.12. The molecule has 0 aromatic carbocycles. The summed E-state index contributed by atoms with van der Waals surface area (Å²) in [6, 6.07) is -1.27. The second kappa shape index (κ2) is 6.50. The van der Waals surface area contributed by atoms with Crippen molar-refractivity contribution in [3.05, 3.63) is 10.4 Å². The molecule has 0 aromatic heterocycles. The van der Waals surface area contributed by atoms with Crippen molar-refractivity contribution in [3.8, 4) is 0 Å². The largest absolute Gasteiger partial charge is 0.394 e. The van der Waals surface area contributed by atoms with Crippen LogP contribution in [0.2, 0.25) is 0 Å². The molecule has 0 spiro atoms. The van der Waals surface area contributed by atoms with Gasteiger partial charge in [0.15, 0.2) is 6.29 Å². The molecule has 1 amide bonds. The van der Waals surface area contributed by atoms with Crippen molar-refractivity contribution in [2.45, 2.75) is 30.6 Å². The van der Waals surface area contributed by atoms with Crippen LogP contribution in [0.3, 0.4) is 0 Å². The Labute approximate surface area is 101 Å². The van der Waals surface area contributed by atoms with Crippen molar-refractivity contribution >= 4 is 5.91 Å². The van der Waals surface area contributed by atoms with Crippen LogP contribution in [0.4, 0.5) is 0 Å². The van der Waals surface area contributed by atoms with E-state index in [1.54, 1.807) is 0 Å². The second-order valence-corrected chi connectivity index (χ2v) is 3.71. The van der Waals surface area contributed by atoms with E-state index in [4.69, 9.17) is 15.4 Å². The Morgan fingerprint density at radius 2 is 2.06 bits per heavy atom. The average Bonchev–Trinajstić information content (AvgIpc) is 2.36. The molecule has 5 N–H and O–H groups in total. The SMILES string of the molecule is [N-]=[N+]=NCC(=O)N[C@H]1C(O)O[C@H](CO)[C@@H](O)[C@@H]1O. The maximum Gasteiger partial charge on any atom is 0.226 e. The molecule has 1 unspecified atom stereocenters. The summed E-state index contributed by atoms with van der Waals surface area (Å²) in [5.41, 5.74) is 8.02. The van der Waals surface area contributed by atoms with Gasteiger partial charge < -0.3 is 30.5 Å². The molecular formula is C8H14N4O6. The van der Waals surface area contributed by atoms with Gasteiger partial charge in [-0.1, -0.05) is 5.11 Å². The van der Waals surface area contributed by atoms with Crippen molar-refractivity contribution in [2.75, 3.05) is 13.2 Å². The lowest BCUT2D eigenvalue weighted by atomic mass is 9.97. The number of rotatable bonds is 4. The fourth-order valence-corrected chi connectivity index (χ4v) is 1.58. The molecule has 1 aliphatic rings. The van der Waals surface area contributed by atoms with Crippen LogP contribution in [0.15, 0.2) is 5.11 Å². The van der Waals surface area contributed by atoms with E-state index in [0.717, 1.165) is 0 Å². The Hall–Kier alpha value is -1.42. The van der Waals surface area contributed by atoms with Gasteiger partial charge in [-0.25, -0.2) is 0 Å². The smallest absolute Gasteiger partial charge is 0.226 e. The first-order chi connectivity index (χ1) is 8.51. The molecule has 1 aliphatic heterocycles. The van der Waals surface area contributed by atoms with Crippen LogP contribution in [0, 0.1) is 0 Å². The lowest BCUT2D eigenvalue weighted by Crippen LogP contribution is -2.64. The summed E-state index contributed by atoms with van der Waals surface area (Å²) in [4.78, 5) is 13.6. The van der Waals surface area contributed by atoms with Crippen LogP contribution >= 0.6 is 0 Å². The van der Waals surface area contributed by atoms with E-state index in [2.05, 4.69) is 15.3 Å². The van der Waals surface area contributed by atoms with Gasteiger partial charge in [-0.05, 0) is 5.53 Å². The number of azide groups is 1. The van der Waals surface area contributed by atoms with E-state index in [1.165, 1.54) is 0 Å². The van der Waals surface area contributed by atoms with Gasteiger partial charge in [0.2, 0.25) is 5.91 Å². The van der Waals surface area contributed by atoms with Crippen LogP contribution in [-0.2, 0) is 9.53 Å². The number of carbonyl (C=O) groups excluding carboxylic acids is 1. The van der Waals surface area contributed by atoms with E-state index in [9.17, 15) is 20.1 Å². The van der Waals surface area contributed by atoms with E-state index < -0.39 is 49.7 Å². The molecule has 10 nitrogen and oxygen atoms in total. The molecule has 0 aromatic rings. The van der Waals surface area contributed by atoms with Crippen LogP contribution in [-0.4, -0.2) is 70.1 Å². The number of carbonyl (C=O) groups is 1. The number of ether oxygens (including phenoxy) is 1. The highest BCUT2D eigenvalue weighted by Gasteiger charge is 2.44. The third-order valence-corrected chi connectivity index (χ3v) is 2.51. The van der Waals surface area contributed by atoms with Crippen molar-refractivity contribution in [1.82, 2.24) is 5.32 Å². The average molecular weight is 262 g/mol. The molecule has 0 saturated carbocycles. The molecule has 1 saturated heterocycles. The summed E-state index contributed by atoms with van der Waals surface area (Å²) in [6.45, 7) is -1.10. The predicted molar refractivity (Wildman–Crippen MR) is 55.9 cm³/mol. The molecule has 1 fully saturated rings. The summed E-state index contributed by atoms with van der Waals surface area (Å²) in [5.74, 6) is -0.742. The Kier molecular flexibility index (Phi) is 5.28. The molecule has 0 radical (unpaired) electrons. The quantitative estimate of drug-likeness (QED) is 0.208. The first kappa shape index (κ1) is 14.6. The Balaban J connectivity index is 2.64. The molecule has 10 heteroatoms. The van der Waals surface area contributed by atoms with Gasteiger partial charge in [0.25, 0.3) is 0 Å². The standard InChI is InChI=1S/C8H14N4O6/c9-12-10-1-4(14)11-5-7(16)6(15)3(2-13)18-8(5)17/h3,5-8,13,15-17H,1-2H2,(H,11,14)/t3-,5-,6-,7-,8?/m1/s1. The summed E-state index contributed by atoms with van der Waals surface area (Å²) >= 11 is 0. The number of hydrogen-bond donors (Lipinski definition) is 5. The fraction of sp³-hybridized carbons (Fsp3) is 0.875. The van der Waals surface area contributed by atoms with Crippen LogP contribution in [0.25, 0.3) is 10.4 Å². The third kappa shape index (κ3) is 3.29. The minimum absolute atomic E-state index is 0.508. The van der Waals surface area contributed by atoms with Gasteiger partial charge in [0, 0.05) is 4.91 Å². The van der Waals surface area contributed by atoms with Crippen molar-refractivity contribution in [2.24, 2.45) is 5.11 Å². The number of amides is 1. The number of aliphatic hydroxyl groups is 4. The van der Waals surface area contributed by atoms with Crippen LogP contribution in [0.1, 0.15) is 0 Å². The van der Waals surface area contributed by atoms with Crippen LogP contribution in [0.5, 0.6) is 0 Å². The fourth-order valence-electron chi connectivity index (χ4n) is 1.58. The van der Waals surface area contributed by atoms with E-state index >= 15 is 0 Å². The molecule has 1 heterocycles. The van der Waals surface area contributed by atoms with Crippen LogP contribution < -0.4 is 5.32 Å². The van der Waals surface area contributed by atoms with Crippen molar-refractivity contribution in [1.29, 1.82) is 0 Å². The monoisotopic (exact) mass is 262 g/mol. The molecule has 102 valence electrons. The molecule has 18 heavy (non-hydrogen) atoms. The van der Waals surface area contributed by atoms with Crippen molar-refractivity contribution < 1.29 is 30.0 Å². The lowest BCUT2D eigenvalue weighted by Gasteiger charge is -2.40. The topological polar surface area (TPSA) is 168 Å². The predicted octanol–water partition coefficient (Wildman–Crippen LogP) is -2.79. The van der Waals surface area contributed by atoms with E-state index in [0.29, 0.717) is 0 Å². The summed E-state index contributed by atoms with van der Waals surface area (Å²) in [5, 5.41) is 42.7. The second-order valence-electron chi connectivity index (χ2n) is 3.71. The maximum absolute atomic E-state index is 11.2. The Morgan fingerprint density at radius 1 is 1.39 bits per heavy atom. The number of hydrogen-bond acceptors (Lipinski definition) is 7. The van der Waals surface area contributed by atoms with Crippen molar-refractivity contribution in [3.63, 3.8) is 0 Å². The number of aliphatic hydroxyl groups excluding tert-OH is 4. The normalized spacial score (nSPS) is 35.7.